The quantitative estimate of drug-likeness (QED) is 0.654. The summed E-state index contributed by atoms with van der Waals surface area (Å²) in [6, 6.07) is 2.38. The molecule has 0 aliphatic rings. The molecule has 102 valence electrons. The zero-order chi connectivity index (χ0) is 14.1. The standard InChI is InChI=1S/C10H10F5NOS/c1-2-10(17)16-7-8-3-5-9(6-4-8)18(11,12,13,14)15/h2-6H,1,7H2,(H,16,17). The van der Waals surface area contributed by atoms with Gasteiger partial charge in [0.05, 0.1) is 0 Å². The Morgan fingerprint density at radius 1 is 1.17 bits per heavy atom. The van der Waals surface area contributed by atoms with Crippen LogP contribution in [0.15, 0.2) is 41.8 Å². The van der Waals surface area contributed by atoms with Crippen LogP contribution in [0.2, 0.25) is 0 Å². The minimum Gasteiger partial charge on any atom is -0.348 e. The van der Waals surface area contributed by atoms with Gasteiger partial charge in [0.1, 0.15) is 4.90 Å². The van der Waals surface area contributed by atoms with Crippen molar-refractivity contribution in [3.63, 3.8) is 0 Å². The molecule has 0 bridgehead atoms. The van der Waals surface area contributed by atoms with E-state index in [1.54, 1.807) is 0 Å². The van der Waals surface area contributed by atoms with E-state index in [0.717, 1.165) is 18.2 Å². The van der Waals surface area contributed by atoms with E-state index < -0.39 is 21.0 Å². The Kier molecular flexibility index (Phi) is 2.99. The first-order valence-corrected chi connectivity index (χ1v) is 6.61. The van der Waals surface area contributed by atoms with Gasteiger partial charge in [0.2, 0.25) is 5.91 Å². The molecule has 0 spiro atoms. The zero-order valence-corrected chi connectivity index (χ0v) is 9.82. The van der Waals surface area contributed by atoms with Crippen LogP contribution in [0.4, 0.5) is 19.4 Å². The van der Waals surface area contributed by atoms with E-state index in [2.05, 4.69) is 11.9 Å². The van der Waals surface area contributed by atoms with Crippen molar-refractivity contribution in [2.24, 2.45) is 0 Å². The molecule has 1 rings (SSSR count). The van der Waals surface area contributed by atoms with Crippen LogP contribution in [-0.4, -0.2) is 5.91 Å². The van der Waals surface area contributed by atoms with E-state index in [1.807, 2.05) is 0 Å². The number of carbonyl (C=O) groups is 1. The Morgan fingerprint density at radius 2 is 1.67 bits per heavy atom. The van der Waals surface area contributed by atoms with Crippen LogP contribution in [0.1, 0.15) is 5.56 Å². The van der Waals surface area contributed by atoms with Gasteiger partial charge in [-0.1, -0.05) is 38.1 Å². The van der Waals surface area contributed by atoms with Gasteiger partial charge in [-0.15, -0.1) is 0 Å². The molecule has 0 atom stereocenters. The molecule has 0 aliphatic heterocycles. The molecule has 0 aliphatic carbocycles. The van der Waals surface area contributed by atoms with Crippen LogP contribution >= 0.6 is 10.2 Å². The molecule has 0 aromatic heterocycles. The Morgan fingerprint density at radius 3 is 2.06 bits per heavy atom. The van der Waals surface area contributed by atoms with Gasteiger partial charge in [-0.25, -0.2) is 0 Å². The molecule has 1 N–H and O–H groups in total. The molecule has 18 heavy (non-hydrogen) atoms. The molecule has 0 radical (unpaired) electrons. The number of halogens is 5. The van der Waals surface area contributed by atoms with Crippen molar-refractivity contribution >= 4 is 16.1 Å². The lowest BCUT2D eigenvalue weighted by Crippen LogP contribution is -2.19. The highest BCUT2D eigenvalue weighted by molar-refractivity contribution is 8.45. The summed E-state index contributed by atoms with van der Waals surface area (Å²) in [4.78, 5) is 8.84. The second kappa shape index (κ2) is 3.71. The largest absolute Gasteiger partial charge is 0.348 e. The van der Waals surface area contributed by atoms with Crippen LogP contribution in [-0.2, 0) is 11.3 Å². The van der Waals surface area contributed by atoms with E-state index >= 15 is 0 Å². The molecular formula is C10H10F5NOS. The third-order valence-corrected chi connectivity index (χ3v) is 3.18. The summed E-state index contributed by atoms with van der Waals surface area (Å²) >= 11 is 0. The molecular weight excluding hydrogens is 277 g/mol. The van der Waals surface area contributed by atoms with Gasteiger partial charge in [0.15, 0.2) is 0 Å². The van der Waals surface area contributed by atoms with Gasteiger partial charge >= 0.3 is 10.2 Å². The lowest BCUT2D eigenvalue weighted by atomic mass is 10.2. The van der Waals surface area contributed by atoms with E-state index in [1.165, 1.54) is 0 Å². The Balaban J connectivity index is 2.89. The maximum Gasteiger partial charge on any atom is 0.310 e. The SMILES string of the molecule is C=CC(=O)NCc1ccc(S(F)(F)(F)(F)F)cc1. The Hall–Kier alpha value is -1.57. The van der Waals surface area contributed by atoms with Gasteiger partial charge in [0.25, 0.3) is 0 Å². The minimum absolute atomic E-state index is 0.0640. The molecule has 0 saturated heterocycles. The fourth-order valence-electron chi connectivity index (χ4n) is 1.13. The van der Waals surface area contributed by atoms with Crippen LogP contribution in [0, 0.1) is 0 Å². The van der Waals surface area contributed by atoms with E-state index in [9.17, 15) is 24.2 Å². The minimum atomic E-state index is -9.61. The summed E-state index contributed by atoms with van der Waals surface area (Å²) in [5, 5.41) is 2.31. The van der Waals surface area contributed by atoms with Gasteiger partial charge in [-0.3, -0.25) is 4.79 Å². The summed E-state index contributed by atoms with van der Waals surface area (Å²) in [5.74, 6) is -0.508. The maximum atomic E-state index is 12.4. The topological polar surface area (TPSA) is 29.1 Å². The maximum absolute atomic E-state index is 12.4. The van der Waals surface area contributed by atoms with Crippen LogP contribution in [0.25, 0.3) is 0 Å². The Labute approximate surface area is 100 Å². The van der Waals surface area contributed by atoms with Crippen LogP contribution in [0.5, 0.6) is 0 Å². The number of amides is 1. The predicted octanol–water partition coefficient (Wildman–Crippen LogP) is 4.15. The monoisotopic (exact) mass is 287 g/mol. The molecule has 0 heterocycles. The highest BCUT2D eigenvalue weighted by atomic mass is 32.5. The normalized spacial score (nSPS) is 15.4. The first-order chi connectivity index (χ1) is 7.92. The fourth-order valence-corrected chi connectivity index (χ4v) is 1.78. The van der Waals surface area contributed by atoms with E-state index in [4.69, 9.17) is 0 Å². The molecule has 1 aromatic carbocycles. The lowest BCUT2D eigenvalue weighted by molar-refractivity contribution is -0.116. The number of rotatable bonds is 4. The summed E-state index contributed by atoms with van der Waals surface area (Å²) in [5.41, 5.74) is 0.274. The highest BCUT2D eigenvalue weighted by Crippen LogP contribution is 3.02. The summed E-state index contributed by atoms with van der Waals surface area (Å²) < 4.78 is 61.8. The average Bonchev–Trinajstić information content (AvgIpc) is 2.23. The summed E-state index contributed by atoms with van der Waals surface area (Å²) in [6.45, 7) is 3.12. The van der Waals surface area contributed by atoms with Crippen molar-refractivity contribution in [2.45, 2.75) is 11.4 Å². The summed E-state index contributed by atoms with van der Waals surface area (Å²) in [6.07, 6.45) is 0.989. The summed E-state index contributed by atoms with van der Waals surface area (Å²) in [7, 11) is -9.61. The van der Waals surface area contributed by atoms with Crippen molar-refractivity contribution in [1.82, 2.24) is 5.32 Å². The third-order valence-electron chi connectivity index (χ3n) is 2.02. The number of nitrogens with one attached hydrogen (secondary N) is 1. The van der Waals surface area contributed by atoms with Gasteiger partial charge in [0, 0.05) is 6.54 Å². The average molecular weight is 287 g/mol. The number of hydrogen-bond donors (Lipinski definition) is 1. The first kappa shape index (κ1) is 14.5. The van der Waals surface area contributed by atoms with Gasteiger partial charge in [-0.2, -0.15) is 0 Å². The van der Waals surface area contributed by atoms with Crippen LogP contribution < -0.4 is 5.32 Å². The molecule has 8 heteroatoms. The molecule has 0 unspecified atom stereocenters. The van der Waals surface area contributed by atoms with E-state index in [0.29, 0.717) is 12.1 Å². The number of benzene rings is 1. The molecule has 2 nitrogen and oxygen atoms in total. The van der Waals surface area contributed by atoms with Gasteiger partial charge in [-0.05, 0) is 23.8 Å². The fraction of sp³-hybridized carbons (Fsp3) is 0.100. The smallest absolute Gasteiger partial charge is 0.310 e. The second-order valence-corrected chi connectivity index (χ2v) is 5.94. The van der Waals surface area contributed by atoms with E-state index in [-0.39, 0.29) is 12.1 Å². The van der Waals surface area contributed by atoms with Crippen molar-refractivity contribution in [3.05, 3.63) is 42.5 Å². The lowest BCUT2D eigenvalue weighted by Gasteiger charge is -2.40. The first-order valence-electron chi connectivity index (χ1n) is 4.66. The second-order valence-electron chi connectivity index (χ2n) is 3.53. The number of carbonyl (C=O) groups excluding carboxylic acids is 1. The molecule has 1 amide bonds. The molecule has 1 aromatic rings. The van der Waals surface area contributed by atoms with Crippen molar-refractivity contribution < 1.29 is 24.2 Å². The predicted molar refractivity (Wildman–Crippen MR) is 59.9 cm³/mol. The van der Waals surface area contributed by atoms with Crippen molar-refractivity contribution in [2.75, 3.05) is 0 Å². The third kappa shape index (κ3) is 4.02. The Bertz CT molecular complexity index is 479. The highest BCUT2D eigenvalue weighted by Gasteiger charge is 2.65. The molecule has 0 fully saturated rings. The van der Waals surface area contributed by atoms with Gasteiger partial charge < -0.3 is 5.32 Å². The van der Waals surface area contributed by atoms with Crippen molar-refractivity contribution in [1.29, 1.82) is 0 Å². The molecule has 0 saturated carbocycles. The van der Waals surface area contributed by atoms with Crippen molar-refractivity contribution in [3.8, 4) is 0 Å². The van der Waals surface area contributed by atoms with Crippen LogP contribution in [0.3, 0.4) is 0 Å². The number of hydrogen-bond acceptors (Lipinski definition) is 1. The zero-order valence-electron chi connectivity index (χ0n) is 9.01.